The topological polar surface area (TPSA) is 75.6 Å². The summed E-state index contributed by atoms with van der Waals surface area (Å²) in [4.78, 5) is 23.7. The van der Waals surface area contributed by atoms with Crippen molar-refractivity contribution in [2.75, 3.05) is 6.61 Å². The molecule has 2 rings (SSSR count). The first-order valence-electron chi connectivity index (χ1n) is 7.31. The Kier molecular flexibility index (Phi) is 5.88. The molecule has 0 fully saturated rings. The van der Waals surface area contributed by atoms with Gasteiger partial charge in [0.1, 0.15) is 0 Å². The number of hydrogen-bond donors (Lipinski definition) is 2. The van der Waals surface area contributed by atoms with Gasteiger partial charge in [-0.25, -0.2) is 4.79 Å². The zero-order chi connectivity index (χ0) is 16.7. The predicted octanol–water partition coefficient (Wildman–Crippen LogP) is 2.21. The highest BCUT2D eigenvalue weighted by atomic mass is 16.5. The second-order valence-electron chi connectivity index (χ2n) is 5.13. The van der Waals surface area contributed by atoms with Gasteiger partial charge in [0.05, 0.1) is 18.2 Å². The Hall–Kier alpha value is -2.66. The summed E-state index contributed by atoms with van der Waals surface area (Å²) in [5, 5.41) is 11.7. The van der Waals surface area contributed by atoms with Crippen LogP contribution in [0.3, 0.4) is 0 Å². The number of carbonyl (C=O) groups excluding carboxylic acids is 2. The molecular formula is C18H19NO4. The van der Waals surface area contributed by atoms with E-state index in [2.05, 4.69) is 5.32 Å². The highest BCUT2D eigenvalue weighted by molar-refractivity contribution is 5.91. The second-order valence-corrected chi connectivity index (χ2v) is 5.13. The number of nitrogens with one attached hydrogen (secondary N) is 1. The molecule has 0 aliphatic rings. The van der Waals surface area contributed by atoms with E-state index >= 15 is 0 Å². The Morgan fingerprint density at radius 2 is 1.74 bits per heavy atom. The molecule has 5 heteroatoms. The van der Waals surface area contributed by atoms with Crippen molar-refractivity contribution in [1.82, 2.24) is 5.32 Å². The minimum absolute atomic E-state index is 0.0882. The minimum atomic E-state index is -0.572. The highest BCUT2D eigenvalue weighted by Gasteiger charge is 2.13. The molecule has 0 aromatic heterocycles. The lowest BCUT2D eigenvalue weighted by Gasteiger charge is -2.14. The molecule has 2 aromatic carbocycles. The first kappa shape index (κ1) is 16.7. The third-order valence-electron chi connectivity index (χ3n) is 3.38. The van der Waals surface area contributed by atoms with Crippen molar-refractivity contribution >= 4 is 11.9 Å². The van der Waals surface area contributed by atoms with E-state index in [1.54, 1.807) is 24.3 Å². The standard InChI is InChI=1S/C18H19NO4/c1-13(15-5-3-2-4-6-15)19-17(21)12-23-18(22)16-9-7-14(11-20)8-10-16/h2-10,13,20H,11-12H2,1H3,(H,19,21)/t13-/m1/s1. The fourth-order valence-electron chi connectivity index (χ4n) is 2.07. The fraction of sp³-hybridized carbons (Fsp3) is 0.222. The zero-order valence-electron chi connectivity index (χ0n) is 12.9. The maximum absolute atomic E-state index is 11.8. The lowest BCUT2D eigenvalue weighted by molar-refractivity contribution is -0.124. The van der Waals surface area contributed by atoms with Crippen LogP contribution in [0.5, 0.6) is 0 Å². The Morgan fingerprint density at radius 3 is 2.35 bits per heavy atom. The molecule has 1 atom stereocenters. The summed E-state index contributed by atoms with van der Waals surface area (Å²) >= 11 is 0. The molecule has 0 radical (unpaired) electrons. The van der Waals surface area contributed by atoms with Crippen LogP contribution in [0.25, 0.3) is 0 Å². The smallest absolute Gasteiger partial charge is 0.338 e. The van der Waals surface area contributed by atoms with Crippen LogP contribution in [0.2, 0.25) is 0 Å². The van der Waals surface area contributed by atoms with Gasteiger partial charge >= 0.3 is 5.97 Å². The molecule has 120 valence electrons. The molecule has 0 heterocycles. The average molecular weight is 313 g/mol. The lowest BCUT2D eigenvalue weighted by atomic mass is 10.1. The van der Waals surface area contributed by atoms with E-state index in [1.165, 1.54) is 0 Å². The molecule has 1 amide bonds. The van der Waals surface area contributed by atoms with Crippen molar-refractivity contribution in [3.05, 3.63) is 71.3 Å². The number of ether oxygens (including phenoxy) is 1. The number of esters is 1. The summed E-state index contributed by atoms with van der Waals surface area (Å²) in [5.74, 6) is -0.932. The Labute approximate surface area is 134 Å². The van der Waals surface area contributed by atoms with Crippen molar-refractivity contribution in [2.24, 2.45) is 0 Å². The summed E-state index contributed by atoms with van der Waals surface area (Å²) in [6, 6.07) is 15.7. The predicted molar refractivity (Wildman–Crippen MR) is 85.6 cm³/mol. The van der Waals surface area contributed by atoms with Gasteiger partial charge in [-0.2, -0.15) is 0 Å². The van der Waals surface area contributed by atoms with Crippen LogP contribution in [0.4, 0.5) is 0 Å². The molecule has 0 aliphatic carbocycles. The van der Waals surface area contributed by atoms with E-state index in [0.29, 0.717) is 11.1 Å². The number of carbonyl (C=O) groups is 2. The Balaban J connectivity index is 1.82. The monoisotopic (exact) mass is 313 g/mol. The molecule has 0 bridgehead atoms. The largest absolute Gasteiger partial charge is 0.452 e. The quantitative estimate of drug-likeness (QED) is 0.802. The molecule has 2 N–H and O–H groups in total. The molecule has 0 saturated carbocycles. The summed E-state index contributed by atoms with van der Waals surface area (Å²) in [7, 11) is 0. The van der Waals surface area contributed by atoms with Crippen LogP contribution in [-0.4, -0.2) is 23.6 Å². The molecule has 5 nitrogen and oxygen atoms in total. The summed E-state index contributed by atoms with van der Waals surface area (Å²) in [6.07, 6.45) is 0. The van der Waals surface area contributed by atoms with Crippen LogP contribution in [0, 0.1) is 0 Å². The van der Waals surface area contributed by atoms with Gasteiger partial charge in [0.25, 0.3) is 5.91 Å². The van der Waals surface area contributed by atoms with Crippen LogP contribution in [0.15, 0.2) is 54.6 Å². The van der Waals surface area contributed by atoms with Crippen molar-refractivity contribution in [1.29, 1.82) is 0 Å². The van der Waals surface area contributed by atoms with Crippen LogP contribution in [0.1, 0.15) is 34.5 Å². The molecule has 23 heavy (non-hydrogen) atoms. The van der Waals surface area contributed by atoms with Crippen molar-refractivity contribution in [2.45, 2.75) is 19.6 Å². The van der Waals surface area contributed by atoms with Gasteiger partial charge in [-0.1, -0.05) is 42.5 Å². The number of aliphatic hydroxyl groups is 1. The van der Waals surface area contributed by atoms with Gasteiger partial charge < -0.3 is 15.2 Å². The Bertz CT molecular complexity index is 652. The van der Waals surface area contributed by atoms with Gasteiger partial charge in [0, 0.05) is 0 Å². The third-order valence-corrected chi connectivity index (χ3v) is 3.38. The van der Waals surface area contributed by atoms with E-state index in [4.69, 9.17) is 9.84 Å². The lowest BCUT2D eigenvalue weighted by Crippen LogP contribution is -2.31. The molecule has 0 spiro atoms. The summed E-state index contributed by atoms with van der Waals surface area (Å²) in [6.45, 7) is 1.44. The van der Waals surface area contributed by atoms with Gasteiger partial charge in [-0.3, -0.25) is 4.79 Å². The third kappa shape index (κ3) is 4.93. The van der Waals surface area contributed by atoms with Crippen molar-refractivity contribution in [3.63, 3.8) is 0 Å². The molecule has 2 aromatic rings. The molecular weight excluding hydrogens is 294 g/mol. The van der Waals surface area contributed by atoms with E-state index < -0.39 is 5.97 Å². The van der Waals surface area contributed by atoms with Crippen LogP contribution in [-0.2, 0) is 16.1 Å². The van der Waals surface area contributed by atoms with Crippen LogP contribution >= 0.6 is 0 Å². The van der Waals surface area contributed by atoms with Crippen molar-refractivity contribution < 1.29 is 19.4 Å². The van der Waals surface area contributed by atoms with Gasteiger partial charge in [-0.05, 0) is 30.2 Å². The first-order chi connectivity index (χ1) is 11.1. The second kappa shape index (κ2) is 8.10. The number of rotatable bonds is 6. The maximum atomic E-state index is 11.8. The van der Waals surface area contributed by atoms with E-state index in [-0.39, 0.29) is 25.2 Å². The SMILES string of the molecule is C[C@@H](NC(=O)COC(=O)c1ccc(CO)cc1)c1ccccc1. The normalized spacial score (nSPS) is 11.6. The number of benzene rings is 2. The molecule has 0 unspecified atom stereocenters. The summed E-state index contributed by atoms with van der Waals surface area (Å²) in [5.41, 5.74) is 2.02. The number of amides is 1. The van der Waals surface area contributed by atoms with Crippen molar-refractivity contribution in [3.8, 4) is 0 Å². The molecule has 0 saturated heterocycles. The number of hydrogen-bond acceptors (Lipinski definition) is 4. The highest BCUT2D eigenvalue weighted by Crippen LogP contribution is 2.11. The van der Waals surface area contributed by atoms with Gasteiger partial charge in [0.2, 0.25) is 0 Å². The van der Waals surface area contributed by atoms with E-state index in [1.807, 2.05) is 37.3 Å². The first-order valence-corrected chi connectivity index (χ1v) is 7.31. The van der Waals surface area contributed by atoms with Gasteiger partial charge in [-0.15, -0.1) is 0 Å². The fourth-order valence-corrected chi connectivity index (χ4v) is 2.07. The summed E-state index contributed by atoms with van der Waals surface area (Å²) < 4.78 is 4.99. The average Bonchev–Trinajstić information content (AvgIpc) is 2.60. The van der Waals surface area contributed by atoms with E-state index in [0.717, 1.165) is 5.56 Å². The zero-order valence-corrected chi connectivity index (χ0v) is 12.9. The Morgan fingerprint density at radius 1 is 1.09 bits per heavy atom. The van der Waals surface area contributed by atoms with Crippen LogP contribution < -0.4 is 5.32 Å². The van der Waals surface area contributed by atoms with Gasteiger partial charge in [0.15, 0.2) is 6.61 Å². The molecule has 0 aliphatic heterocycles. The number of aliphatic hydroxyl groups excluding tert-OH is 1. The minimum Gasteiger partial charge on any atom is -0.452 e. The maximum Gasteiger partial charge on any atom is 0.338 e. The van der Waals surface area contributed by atoms with E-state index in [9.17, 15) is 9.59 Å².